The van der Waals surface area contributed by atoms with Crippen molar-refractivity contribution in [1.82, 2.24) is 9.78 Å². The zero-order chi connectivity index (χ0) is 10.7. The molecule has 0 aliphatic carbocycles. The average Bonchev–Trinajstić information content (AvgIpc) is 2.66. The highest BCUT2D eigenvalue weighted by atomic mass is 19.1. The summed E-state index contributed by atoms with van der Waals surface area (Å²) in [5, 5.41) is 3.92. The van der Waals surface area contributed by atoms with Gasteiger partial charge >= 0.3 is 0 Å². The molecule has 0 saturated heterocycles. The Kier molecular flexibility index (Phi) is 2.39. The van der Waals surface area contributed by atoms with Gasteiger partial charge in [-0.2, -0.15) is 5.10 Å². The van der Waals surface area contributed by atoms with Crippen LogP contribution in [0.1, 0.15) is 0 Å². The fourth-order valence-corrected chi connectivity index (χ4v) is 1.23. The molecule has 0 fully saturated rings. The molecular formula is C10H6FN3O. The number of isocyanates is 1. The lowest BCUT2D eigenvalue weighted by Gasteiger charge is -2.02. The number of nitrogens with zero attached hydrogens (tertiary/aromatic N) is 3. The second kappa shape index (κ2) is 3.86. The van der Waals surface area contributed by atoms with Crippen molar-refractivity contribution in [2.75, 3.05) is 0 Å². The molecule has 5 heteroatoms. The van der Waals surface area contributed by atoms with Crippen LogP contribution in [0.5, 0.6) is 0 Å². The first kappa shape index (κ1) is 9.30. The smallest absolute Gasteiger partial charge is 0.214 e. The van der Waals surface area contributed by atoms with Gasteiger partial charge < -0.3 is 0 Å². The van der Waals surface area contributed by atoms with Crippen molar-refractivity contribution in [2.24, 2.45) is 4.99 Å². The number of rotatable bonds is 2. The van der Waals surface area contributed by atoms with Crippen LogP contribution in [0.2, 0.25) is 0 Å². The molecule has 0 spiro atoms. The topological polar surface area (TPSA) is 47.2 Å². The van der Waals surface area contributed by atoms with Crippen molar-refractivity contribution in [3.63, 3.8) is 0 Å². The van der Waals surface area contributed by atoms with Crippen molar-refractivity contribution < 1.29 is 9.18 Å². The lowest BCUT2D eigenvalue weighted by atomic mass is 10.3. The van der Waals surface area contributed by atoms with Crippen molar-refractivity contribution in [1.29, 1.82) is 0 Å². The van der Waals surface area contributed by atoms with Gasteiger partial charge in [0, 0.05) is 6.07 Å². The van der Waals surface area contributed by atoms with Crippen LogP contribution in [0.4, 0.5) is 10.2 Å². The Morgan fingerprint density at radius 2 is 2.27 bits per heavy atom. The van der Waals surface area contributed by atoms with Crippen LogP contribution < -0.4 is 0 Å². The van der Waals surface area contributed by atoms with Gasteiger partial charge in [0.25, 0.3) is 0 Å². The Balaban J connectivity index is 2.53. The molecule has 0 radical (unpaired) electrons. The maximum atomic E-state index is 12.9. The van der Waals surface area contributed by atoms with Gasteiger partial charge in [0.05, 0.1) is 11.9 Å². The van der Waals surface area contributed by atoms with E-state index in [-0.39, 0.29) is 5.82 Å². The molecule has 0 bridgehead atoms. The molecule has 2 aromatic rings. The predicted octanol–water partition coefficient (Wildman–Crippen LogP) is 1.98. The summed E-state index contributed by atoms with van der Waals surface area (Å²) in [5.41, 5.74) is 0.508. The molecule has 1 heterocycles. The minimum absolute atomic E-state index is 0.315. The molecule has 0 atom stereocenters. The molecule has 74 valence electrons. The number of benzene rings is 1. The van der Waals surface area contributed by atoms with E-state index >= 15 is 0 Å². The highest BCUT2D eigenvalue weighted by molar-refractivity contribution is 5.48. The Morgan fingerprint density at radius 3 is 3.00 bits per heavy atom. The van der Waals surface area contributed by atoms with Crippen LogP contribution in [-0.4, -0.2) is 15.9 Å². The predicted molar refractivity (Wildman–Crippen MR) is 51.3 cm³/mol. The molecule has 0 amide bonds. The van der Waals surface area contributed by atoms with Gasteiger partial charge in [0.2, 0.25) is 6.08 Å². The standard InChI is InChI=1S/C10H6FN3O/c11-8-2-1-3-9(6-8)14-10(12-7-15)4-5-13-14/h1-6H. The zero-order valence-corrected chi connectivity index (χ0v) is 7.59. The minimum atomic E-state index is -0.371. The lowest BCUT2D eigenvalue weighted by molar-refractivity contribution is 0.565. The van der Waals surface area contributed by atoms with E-state index in [4.69, 9.17) is 0 Å². The molecule has 15 heavy (non-hydrogen) atoms. The highest BCUT2D eigenvalue weighted by Crippen LogP contribution is 2.17. The first-order valence-corrected chi connectivity index (χ1v) is 4.19. The van der Waals surface area contributed by atoms with E-state index in [1.807, 2.05) is 0 Å². The monoisotopic (exact) mass is 203 g/mol. The third kappa shape index (κ3) is 1.82. The van der Waals surface area contributed by atoms with Gasteiger partial charge in [0.1, 0.15) is 5.82 Å². The van der Waals surface area contributed by atoms with Crippen molar-refractivity contribution in [3.05, 3.63) is 42.3 Å². The number of hydrogen-bond acceptors (Lipinski definition) is 3. The summed E-state index contributed by atoms with van der Waals surface area (Å²) in [7, 11) is 0. The summed E-state index contributed by atoms with van der Waals surface area (Å²) >= 11 is 0. The third-order valence-corrected chi connectivity index (χ3v) is 1.84. The Morgan fingerprint density at radius 1 is 1.40 bits per heavy atom. The van der Waals surface area contributed by atoms with Crippen LogP contribution in [0.25, 0.3) is 5.69 Å². The molecule has 0 unspecified atom stereocenters. The SMILES string of the molecule is O=C=Nc1ccnn1-c1cccc(F)c1. The Labute approximate surface area is 84.7 Å². The van der Waals surface area contributed by atoms with E-state index in [2.05, 4.69) is 10.1 Å². The van der Waals surface area contributed by atoms with Crippen LogP contribution in [0.3, 0.4) is 0 Å². The van der Waals surface area contributed by atoms with Gasteiger partial charge in [0.15, 0.2) is 5.82 Å². The van der Waals surface area contributed by atoms with E-state index in [0.29, 0.717) is 11.5 Å². The summed E-state index contributed by atoms with van der Waals surface area (Å²) in [5.74, 6) is -0.0559. The van der Waals surface area contributed by atoms with Crippen LogP contribution in [0, 0.1) is 5.82 Å². The molecule has 4 nitrogen and oxygen atoms in total. The largest absolute Gasteiger partial charge is 0.242 e. The molecular weight excluding hydrogens is 197 g/mol. The molecule has 0 N–H and O–H groups in total. The average molecular weight is 203 g/mol. The van der Waals surface area contributed by atoms with Crippen molar-refractivity contribution in [2.45, 2.75) is 0 Å². The van der Waals surface area contributed by atoms with E-state index in [1.165, 1.54) is 35.2 Å². The normalized spacial score (nSPS) is 9.67. The van der Waals surface area contributed by atoms with Gasteiger partial charge in [-0.3, -0.25) is 0 Å². The second-order valence-corrected chi connectivity index (χ2v) is 2.78. The van der Waals surface area contributed by atoms with Crippen LogP contribution >= 0.6 is 0 Å². The number of aromatic nitrogens is 2. The molecule has 0 aliphatic heterocycles. The van der Waals surface area contributed by atoms with Gasteiger partial charge in [-0.05, 0) is 18.2 Å². The number of carbonyl (C=O) groups excluding carboxylic acids is 1. The van der Waals surface area contributed by atoms with Gasteiger partial charge in [-0.1, -0.05) is 6.07 Å². The molecule has 1 aromatic heterocycles. The first-order chi connectivity index (χ1) is 7.31. The van der Waals surface area contributed by atoms with E-state index in [0.717, 1.165) is 0 Å². The quantitative estimate of drug-likeness (QED) is 0.553. The van der Waals surface area contributed by atoms with E-state index in [1.54, 1.807) is 12.1 Å². The Hall–Kier alpha value is -2.26. The second-order valence-electron chi connectivity index (χ2n) is 2.78. The maximum Gasteiger partial charge on any atom is 0.242 e. The molecule has 2 rings (SSSR count). The molecule has 0 aliphatic rings. The molecule has 1 aromatic carbocycles. The van der Waals surface area contributed by atoms with Crippen molar-refractivity contribution >= 4 is 11.9 Å². The number of halogens is 1. The lowest BCUT2D eigenvalue weighted by Crippen LogP contribution is -1.95. The zero-order valence-electron chi connectivity index (χ0n) is 7.59. The van der Waals surface area contributed by atoms with Crippen LogP contribution in [-0.2, 0) is 4.79 Å². The summed E-state index contributed by atoms with van der Waals surface area (Å²) in [6, 6.07) is 7.39. The van der Waals surface area contributed by atoms with Gasteiger partial charge in [-0.25, -0.2) is 13.9 Å². The van der Waals surface area contributed by atoms with Crippen LogP contribution in [0.15, 0.2) is 41.5 Å². The number of aliphatic imine (C=N–C) groups is 1. The summed E-state index contributed by atoms with van der Waals surface area (Å²) in [4.78, 5) is 13.6. The Bertz CT molecular complexity index is 529. The fraction of sp³-hybridized carbons (Fsp3) is 0. The fourth-order valence-electron chi connectivity index (χ4n) is 1.23. The minimum Gasteiger partial charge on any atom is -0.214 e. The summed E-state index contributed by atoms with van der Waals surface area (Å²) in [6.45, 7) is 0. The van der Waals surface area contributed by atoms with Gasteiger partial charge in [-0.15, -0.1) is 4.99 Å². The molecule has 0 saturated carbocycles. The highest BCUT2D eigenvalue weighted by Gasteiger charge is 2.03. The van der Waals surface area contributed by atoms with E-state index in [9.17, 15) is 9.18 Å². The summed E-state index contributed by atoms with van der Waals surface area (Å²) in [6.07, 6.45) is 2.89. The number of hydrogen-bond donors (Lipinski definition) is 0. The first-order valence-electron chi connectivity index (χ1n) is 4.19. The maximum absolute atomic E-state index is 12.9. The van der Waals surface area contributed by atoms with E-state index < -0.39 is 0 Å². The third-order valence-electron chi connectivity index (χ3n) is 1.84. The summed E-state index contributed by atoms with van der Waals surface area (Å²) < 4.78 is 14.3. The van der Waals surface area contributed by atoms with Crippen molar-refractivity contribution in [3.8, 4) is 5.69 Å².